The maximum absolute atomic E-state index is 14.2. The Kier molecular flexibility index (Phi) is 34.0. The number of carboxylic acid groups (broad SMARTS) is 2. The van der Waals surface area contributed by atoms with Gasteiger partial charge in [0, 0.05) is 33.1 Å². The van der Waals surface area contributed by atoms with Crippen LogP contribution in [0.1, 0.15) is 221 Å². The van der Waals surface area contributed by atoms with E-state index in [2.05, 4.69) is 24.5 Å². The Hall–Kier alpha value is -3.79. The average molecular weight is 941 g/mol. The molecule has 0 saturated carbocycles. The molecule has 1 saturated heterocycles. The number of rotatable bonds is 40. The second-order valence-corrected chi connectivity index (χ2v) is 18.2. The Bertz CT molecular complexity index is 1370. The third-order valence-electron chi connectivity index (χ3n) is 12.1. The molecule has 0 spiro atoms. The lowest BCUT2D eigenvalue weighted by Gasteiger charge is -2.43. The molecule has 0 aliphatic carbocycles. The van der Waals surface area contributed by atoms with Crippen LogP contribution >= 0.6 is 0 Å². The molecule has 0 unspecified atom stereocenters. The Morgan fingerprint density at radius 3 is 1.27 bits per heavy atom. The molecule has 16 nitrogen and oxygen atoms in total. The lowest BCUT2D eigenvalue weighted by molar-refractivity contribution is -0.301. The van der Waals surface area contributed by atoms with Crippen LogP contribution in [0.15, 0.2) is 0 Å². The van der Waals surface area contributed by atoms with Crippen molar-refractivity contribution in [1.82, 2.24) is 10.6 Å². The van der Waals surface area contributed by atoms with Gasteiger partial charge in [0.05, 0.1) is 12.7 Å². The van der Waals surface area contributed by atoms with E-state index >= 15 is 0 Å². The van der Waals surface area contributed by atoms with Gasteiger partial charge in [-0.15, -0.1) is 0 Å². The second kappa shape index (κ2) is 37.2. The van der Waals surface area contributed by atoms with Crippen LogP contribution in [0.5, 0.6) is 0 Å². The van der Waals surface area contributed by atoms with E-state index < -0.39 is 110 Å². The van der Waals surface area contributed by atoms with E-state index in [1.165, 1.54) is 110 Å². The summed E-state index contributed by atoms with van der Waals surface area (Å²) in [6, 6.07) is -3.10. The van der Waals surface area contributed by atoms with E-state index in [0.29, 0.717) is 12.8 Å². The van der Waals surface area contributed by atoms with E-state index in [-0.39, 0.29) is 0 Å². The highest BCUT2D eigenvalue weighted by atomic mass is 16.7. The maximum atomic E-state index is 14.2. The van der Waals surface area contributed by atoms with Gasteiger partial charge in [-0.25, -0.2) is 4.79 Å². The van der Waals surface area contributed by atoms with Crippen LogP contribution in [-0.4, -0.2) is 101 Å². The van der Waals surface area contributed by atoms with Gasteiger partial charge in [-0.05, 0) is 26.2 Å². The summed E-state index contributed by atoms with van der Waals surface area (Å²) in [4.78, 5) is 88.2. The number of hydrogen-bond donors (Lipinski definition) is 4. The number of carbonyl (C=O) groups excluding carboxylic acids is 5. The van der Waals surface area contributed by atoms with Crippen molar-refractivity contribution in [2.45, 2.75) is 264 Å². The normalized spacial score (nSPS) is 19.1. The molecule has 16 heteroatoms. The third kappa shape index (κ3) is 28.4. The van der Waals surface area contributed by atoms with E-state index in [1.807, 2.05) is 0 Å². The molecule has 66 heavy (non-hydrogen) atoms. The Morgan fingerprint density at radius 1 is 0.500 bits per heavy atom. The van der Waals surface area contributed by atoms with Crippen molar-refractivity contribution in [2.75, 3.05) is 6.61 Å². The number of aliphatic carboxylic acids is 2. The molecule has 1 heterocycles. The van der Waals surface area contributed by atoms with Crippen LogP contribution in [0.4, 0.5) is 0 Å². The largest absolute Gasteiger partial charge is 0.481 e. The number of unbranched alkanes of at least 4 members (excludes halogenated alkanes) is 22. The molecule has 0 bridgehead atoms. The van der Waals surface area contributed by atoms with Crippen LogP contribution in [0.3, 0.4) is 0 Å². The summed E-state index contributed by atoms with van der Waals surface area (Å²) in [6.07, 6.45) is 21.8. The van der Waals surface area contributed by atoms with Crippen molar-refractivity contribution in [3.63, 3.8) is 0 Å². The van der Waals surface area contributed by atoms with Crippen molar-refractivity contribution in [3.8, 4) is 0 Å². The predicted molar refractivity (Wildman–Crippen MR) is 250 cm³/mol. The van der Waals surface area contributed by atoms with Gasteiger partial charge < -0.3 is 44.5 Å². The topological polar surface area (TPSA) is 230 Å². The molecule has 7 atom stereocenters. The zero-order valence-corrected chi connectivity index (χ0v) is 41.4. The van der Waals surface area contributed by atoms with Crippen LogP contribution in [-0.2, 0) is 57.2 Å². The fourth-order valence-corrected chi connectivity index (χ4v) is 8.44. The van der Waals surface area contributed by atoms with Crippen molar-refractivity contribution in [1.29, 1.82) is 0 Å². The molecule has 0 aromatic heterocycles. The molecule has 1 aliphatic rings. The first-order valence-electron chi connectivity index (χ1n) is 25.4. The van der Waals surface area contributed by atoms with Crippen LogP contribution in [0.25, 0.3) is 0 Å². The van der Waals surface area contributed by atoms with E-state index in [0.717, 1.165) is 72.1 Å². The summed E-state index contributed by atoms with van der Waals surface area (Å²) in [5, 5.41) is 24.2. The summed E-state index contributed by atoms with van der Waals surface area (Å²) >= 11 is 0. The third-order valence-corrected chi connectivity index (χ3v) is 12.1. The minimum absolute atomic E-state index is 0.413. The Balaban J connectivity index is 3.22. The molecule has 0 aromatic carbocycles. The smallest absolute Gasteiger partial charge is 0.326 e. The number of nitrogens with one attached hydrogen (secondary N) is 2. The van der Waals surface area contributed by atoms with E-state index in [4.69, 9.17) is 23.7 Å². The molecule has 1 aliphatic heterocycles. The van der Waals surface area contributed by atoms with Crippen molar-refractivity contribution < 1.29 is 67.5 Å². The number of ether oxygens (including phenoxy) is 5. The first-order valence-corrected chi connectivity index (χ1v) is 25.4. The highest BCUT2D eigenvalue weighted by Crippen LogP contribution is 2.30. The lowest BCUT2D eigenvalue weighted by Crippen LogP contribution is -2.62. The SMILES string of the molecule is CCCCCCCCCCCCCCC(CCCCCCCCCCCCCC)C(=O)N[C@H](CO[C@H]1O[C@@H](C)[C@@H](OC(C)=O)[C@@H](OC(C)=O)[C@@H]1OC(C)=O)C(=O)N[C@@H](CCC(=O)O)C(=O)O. The van der Waals surface area contributed by atoms with Gasteiger partial charge in [-0.1, -0.05) is 168 Å². The first-order chi connectivity index (χ1) is 31.6. The van der Waals surface area contributed by atoms with E-state index in [1.54, 1.807) is 0 Å². The molecule has 382 valence electrons. The second-order valence-electron chi connectivity index (χ2n) is 18.2. The van der Waals surface area contributed by atoms with Crippen LogP contribution in [0.2, 0.25) is 0 Å². The summed E-state index contributed by atoms with van der Waals surface area (Å²) in [6.45, 7) is 8.72. The number of esters is 3. The van der Waals surface area contributed by atoms with Crippen molar-refractivity contribution in [2.24, 2.45) is 5.92 Å². The Morgan fingerprint density at radius 2 is 0.879 bits per heavy atom. The molecule has 1 rings (SSSR count). The molecular weight excluding hydrogens is 853 g/mol. The number of amides is 2. The fraction of sp³-hybridized carbons (Fsp3) is 0.860. The quantitative estimate of drug-likeness (QED) is 0.0255. The summed E-state index contributed by atoms with van der Waals surface area (Å²) in [7, 11) is 0. The Labute approximate surface area is 395 Å². The molecule has 1 fully saturated rings. The van der Waals surface area contributed by atoms with Gasteiger partial charge in [0.2, 0.25) is 11.8 Å². The highest BCUT2D eigenvalue weighted by Gasteiger charge is 2.51. The van der Waals surface area contributed by atoms with Crippen LogP contribution in [0, 0.1) is 5.92 Å². The van der Waals surface area contributed by atoms with Gasteiger partial charge in [0.15, 0.2) is 24.6 Å². The zero-order chi connectivity index (χ0) is 49.1. The lowest BCUT2D eigenvalue weighted by atomic mass is 9.92. The first kappa shape index (κ1) is 60.2. The summed E-state index contributed by atoms with van der Waals surface area (Å²) in [5.41, 5.74) is 0. The highest BCUT2D eigenvalue weighted by molar-refractivity contribution is 5.91. The number of hydrogen-bond acceptors (Lipinski definition) is 12. The van der Waals surface area contributed by atoms with Gasteiger partial charge in [-0.3, -0.25) is 28.8 Å². The average Bonchev–Trinajstić information content (AvgIpc) is 3.25. The van der Waals surface area contributed by atoms with Gasteiger partial charge in [-0.2, -0.15) is 0 Å². The van der Waals surface area contributed by atoms with Gasteiger partial charge >= 0.3 is 29.8 Å². The van der Waals surface area contributed by atoms with E-state index in [9.17, 15) is 43.8 Å². The minimum atomic E-state index is -1.59. The molecule has 2 amide bonds. The zero-order valence-electron chi connectivity index (χ0n) is 41.4. The molecular formula is C50H88N2O14. The number of carbonyl (C=O) groups is 7. The maximum Gasteiger partial charge on any atom is 0.326 e. The fourth-order valence-electron chi connectivity index (χ4n) is 8.44. The van der Waals surface area contributed by atoms with Gasteiger partial charge in [0.1, 0.15) is 12.1 Å². The van der Waals surface area contributed by atoms with Crippen LogP contribution < -0.4 is 10.6 Å². The minimum Gasteiger partial charge on any atom is -0.481 e. The standard InChI is InChI=1S/C50H88N2O14/c1-7-9-11-13-15-17-19-21-23-25-27-29-31-40(32-30-28-26-24-22-20-18-16-14-12-10-8-2)47(58)52-42(48(59)51-41(49(60)61)33-34-43(56)57)35-62-50-46(66-39(6)55)45(65-38(5)54)44(36(3)63-50)64-37(4)53/h36,40-42,44-46,50H,7-35H2,1-6H3,(H,51,59)(H,52,58)(H,56,57)(H,60,61)/t36-,41-,42+,44+,45+,46-,50-/m0/s1. The summed E-state index contributed by atoms with van der Waals surface area (Å²) in [5.74, 6) is -6.84. The molecule has 0 aromatic rings. The molecule has 0 radical (unpaired) electrons. The van der Waals surface area contributed by atoms with Crippen molar-refractivity contribution in [3.05, 3.63) is 0 Å². The monoisotopic (exact) mass is 941 g/mol. The van der Waals surface area contributed by atoms with Crippen molar-refractivity contribution >= 4 is 41.7 Å². The predicted octanol–water partition coefficient (Wildman–Crippen LogP) is 9.26. The molecule has 4 N–H and O–H groups in total. The number of carboxylic acids is 2. The van der Waals surface area contributed by atoms with Gasteiger partial charge in [0.25, 0.3) is 0 Å². The summed E-state index contributed by atoms with van der Waals surface area (Å²) < 4.78 is 28.4.